The fraction of sp³-hybridized carbons (Fsp3) is 0.250. The zero-order valence-corrected chi connectivity index (χ0v) is 11.6. The molecule has 2 N–H and O–H groups in total. The summed E-state index contributed by atoms with van der Waals surface area (Å²) >= 11 is 0. The lowest BCUT2D eigenvalue weighted by Crippen LogP contribution is -2.21. The maximum absolute atomic E-state index is 14.0. The maximum atomic E-state index is 14.0. The lowest BCUT2D eigenvalue weighted by atomic mass is 10.0. The molecule has 1 atom stereocenters. The van der Waals surface area contributed by atoms with Crippen LogP contribution in [0.1, 0.15) is 25.5 Å². The van der Waals surface area contributed by atoms with Gasteiger partial charge in [0.25, 0.3) is 0 Å². The average Bonchev–Trinajstić information content (AvgIpc) is 2.41. The first-order chi connectivity index (χ1) is 9.56. The molecule has 0 amide bonds. The van der Waals surface area contributed by atoms with Crippen LogP contribution in [0.5, 0.6) is 0 Å². The molecule has 20 heavy (non-hydrogen) atoms. The highest BCUT2D eigenvalue weighted by molar-refractivity contribution is 5.67. The molecule has 2 rings (SSSR count). The Morgan fingerprint density at radius 3 is 2.20 bits per heavy atom. The van der Waals surface area contributed by atoms with Gasteiger partial charge in [0.15, 0.2) is 0 Å². The summed E-state index contributed by atoms with van der Waals surface area (Å²) in [5, 5.41) is 0. The number of hydrogen-bond donors (Lipinski definition) is 1. The molecular weight excluding hydrogens is 258 g/mol. The van der Waals surface area contributed by atoms with Crippen molar-refractivity contribution in [1.82, 2.24) is 0 Å². The molecule has 0 aliphatic heterocycles. The molecular formula is C16H18F2N2. The SMILES string of the molecule is CCN(c1ccccc1F)c1cccc(F)c1[C@@H](C)N. The predicted octanol–water partition coefficient (Wildman–Crippen LogP) is 4.14. The third kappa shape index (κ3) is 2.65. The van der Waals surface area contributed by atoms with Gasteiger partial charge in [0.2, 0.25) is 0 Å². The van der Waals surface area contributed by atoms with Crippen LogP contribution in [0.2, 0.25) is 0 Å². The van der Waals surface area contributed by atoms with Crippen LogP contribution in [-0.4, -0.2) is 6.54 Å². The quantitative estimate of drug-likeness (QED) is 0.909. The van der Waals surface area contributed by atoms with Crippen LogP contribution in [0.15, 0.2) is 42.5 Å². The molecule has 0 aliphatic rings. The normalized spacial score (nSPS) is 12.2. The molecule has 0 heterocycles. The minimum atomic E-state index is -0.466. The summed E-state index contributed by atoms with van der Waals surface area (Å²) in [6, 6.07) is 10.7. The summed E-state index contributed by atoms with van der Waals surface area (Å²) in [4.78, 5) is 1.73. The summed E-state index contributed by atoms with van der Waals surface area (Å²) in [6.07, 6.45) is 0. The molecule has 2 nitrogen and oxygen atoms in total. The summed E-state index contributed by atoms with van der Waals surface area (Å²) in [5.41, 5.74) is 7.29. The van der Waals surface area contributed by atoms with Crippen molar-refractivity contribution < 1.29 is 8.78 Å². The van der Waals surface area contributed by atoms with Crippen molar-refractivity contribution in [2.45, 2.75) is 19.9 Å². The summed E-state index contributed by atoms with van der Waals surface area (Å²) in [5.74, 6) is -0.707. The molecule has 0 saturated heterocycles. The Bertz CT molecular complexity index is 597. The first-order valence-corrected chi connectivity index (χ1v) is 6.62. The summed E-state index contributed by atoms with van der Waals surface area (Å²) in [6.45, 7) is 4.13. The Kier molecular flexibility index (Phi) is 4.35. The van der Waals surface area contributed by atoms with Gasteiger partial charge in [-0.2, -0.15) is 0 Å². The molecule has 2 aromatic carbocycles. The van der Waals surface area contributed by atoms with Crippen LogP contribution in [0.25, 0.3) is 0 Å². The number of rotatable bonds is 4. The topological polar surface area (TPSA) is 29.3 Å². The highest BCUT2D eigenvalue weighted by atomic mass is 19.1. The first-order valence-electron chi connectivity index (χ1n) is 6.62. The second-order valence-corrected chi connectivity index (χ2v) is 4.66. The number of halogens is 2. The Hall–Kier alpha value is -1.94. The van der Waals surface area contributed by atoms with E-state index in [4.69, 9.17) is 5.73 Å². The Morgan fingerprint density at radius 2 is 1.60 bits per heavy atom. The average molecular weight is 276 g/mol. The van der Waals surface area contributed by atoms with Gasteiger partial charge in [0.05, 0.1) is 5.69 Å². The standard InChI is InChI=1S/C16H18F2N2/c1-3-20(14-9-5-4-7-12(14)17)15-10-6-8-13(18)16(15)11(2)19/h4-11H,3,19H2,1-2H3/t11-/m1/s1. The third-order valence-electron chi connectivity index (χ3n) is 3.24. The Labute approximate surface area is 117 Å². The molecule has 0 fully saturated rings. The van der Waals surface area contributed by atoms with Gasteiger partial charge < -0.3 is 10.6 Å². The molecule has 4 heteroatoms. The van der Waals surface area contributed by atoms with Crippen LogP contribution in [0, 0.1) is 11.6 Å². The van der Waals surface area contributed by atoms with Crippen LogP contribution in [-0.2, 0) is 0 Å². The number of nitrogens with zero attached hydrogens (tertiary/aromatic N) is 1. The van der Waals surface area contributed by atoms with E-state index >= 15 is 0 Å². The van der Waals surface area contributed by atoms with Gasteiger partial charge in [-0.1, -0.05) is 18.2 Å². The number of benzene rings is 2. The second-order valence-electron chi connectivity index (χ2n) is 4.66. The predicted molar refractivity (Wildman–Crippen MR) is 78.1 cm³/mol. The third-order valence-corrected chi connectivity index (χ3v) is 3.24. The van der Waals surface area contributed by atoms with Gasteiger partial charge in [0, 0.05) is 23.8 Å². The Morgan fingerprint density at radius 1 is 1.00 bits per heavy atom. The highest BCUT2D eigenvalue weighted by Crippen LogP contribution is 2.33. The lowest BCUT2D eigenvalue weighted by molar-refractivity contribution is 0.592. The molecule has 106 valence electrons. The van der Waals surface area contributed by atoms with Gasteiger partial charge in [-0.25, -0.2) is 8.78 Å². The van der Waals surface area contributed by atoms with Crippen molar-refractivity contribution in [1.29, 1.82) is 0 Å². The molecule has 0 radical (unpaired) electrons. The fourth-order valence-corrected chi connectivity index (χ4v) is 2.35. The van der Waals surface area contributed by atoms with Crippen molar-refractivity contribution in [2.75, 3.05) is 11.4 Å². The van der Waals surface area contributed by atoms with Crippen molar-refractivity contribution in [2.24, 2.45) is 5.73 Å². The maximum Gasteiger partial charge on any atom is 0.146 e. The van der Waals surface area contributed by atoms with Gasteiger partial charge >= 0.3 is 0 Å². The zero-order chi connectivity index (χ0) is 14.7. The number of para-hydroxylation sites is 1. The minimum Gasteiger partial charge on any atom is -0.339 e. The van der Waals surface area contributed by atoms with Gasteiger partial charge in [-0.15, -0.1) is 0 Å². The molecule has 0 spiro atoms. The van der Waals surface area contributed by atoms with Gasteiger partial charge in [0.1, 0.15) is 11.6 Å². The van der Waals surface area contributed by atoms with Crippen LogP contribution in [0.3, 0.4) is 0 Å². The van der Waals surface area contributed by atoms with E-state index in [2.05, 4.69) is 0 Å². The van der Waals surface area contributed by atoms with Crippen molar-refractivity contribution in [3.8, 4) is 0 Å². The van der Waals surface area contributed by atoms with E-state index in [0.717, 1.165) is 0 Å². The van der Waals surface area contributed by atoms with Crippen molar-refractivity contribution in [3.05, 3.63) is 59.7 Å². The van der Waals surface area contributed by atoms with Gasteiger partial charge in [-0.3, -0.25) is 0 Å². The zero-order valence-electron chi connectivity index (χ0n) is 11.6. The van der Waals surface area contributed by atoms with E-state index in [9.17, 15) is 8.78 Å². The summed E-state index contributed by atoms with van der Waals surface area (Å²) in [7, 11) is 0. The molecule has 0 aromatic heterocycles. The van der Waals surface area contributed by atoms with E-state index in [1.807, 2.05) is 6.92 Å². The largest absolute Gasteiger partial charge is 0.339 e. The molecule has 2 aromatic rings. The minimum absolute atomic E-state index is 0.339. The monoisotopic (exact) mass is 276 g/mol. The molecule has 0 saturated carbocycles. The van der Waals surface area contributed by atoms with E-state index < -0.39 is 6.04 Å². The molecule has 0 unspecified atom stereocenters. The second kappa shape index (κ2) is 6.01. The fourth-order valence-electron chi connectivity index (χ4n) is 2.35. The van der Waals surface area contributed by atoms with Crippen molar-refractivity contribution >= 4 is 11.4 Å². The van der Waals surface area contributed by atoms with E-state index in [1.165, 1.54) is 12.1 Å². The van der Waals surface area contributed by atoms with Crippen LogP contribution in [0.4, 0.5) is 20.2 Å². The van der Waals surface area contributed by atoms with E-state index in [0.29, 0.717) is 23.5 Å². The van der Waals surface area contributed by atoms with Gasteiger partial charge in [-0.05, 0) is 38.1 Å². The number of anilines is 2. The van der Waals surface area contributed by atoms with E-state index in [-0.39, 0.29) is 11.6 Å². The lowest BCUT2D eigenvalue weighted by Gasteiger charge is -2.27. The van der Waals surface area contributed by atoms with E-state index in [1.54, 1.807) is 42.2 Å². The van der Waals surface area contributed by atoms with Crippen molar-refractivity contribution in [3.63, 3.8) is 0 Å². The molecule has 0 aliphatic carbocycles. The first kappa shape index (κ1) is 14.5. The number of hydrogen-bond acceptors (Lipinski definition) is 2. The van der Waals surface area contributed by atoms with Crippen LogP contribution < -0.4 is 10.6 Å². The number of nitrogens with two attached hydrogens (primary N) is 1. The van der Waals surface area contributed by atoms with Crippen LogP contribution >= 0.6 is 0 Å². The summed E-state index contributed by atoms with van der Waals surface area (Å²) < 4.78 is 28.0. The Balaban J connectivity index is 2.59. The molecule has 0 bridgehead atoms. The highest BCUT2D eigenvalue weighted by Gasteiger charge is 2.19. The smallest absolute Gasteiger partial charge is 0.146 e.